The lowest BCUT2D eigenvalue weighted by Gasteiger charge is -2.18. The molecule has 0 saturated carbocycles. The van der Waals surface area contributed by atoms with Gasteiger partial charge in [0.15, 0.2) is 0 Å². The molecule has 1 N–H and O–H groups in total. The summed E-state index contributed by atoms with van der Waals surface area (Å²) in [7, 11) is 1.48. The van der Waals surface area contributed by atoms with Gasteiger partial charge in [-0.05, 0) is 20.8 Å². The normalized spacial score (nSPS) is 10.7. The molecular weight excluding hydrogens is 158 g/mol. The predicted molar refractivity (Wildman–Crippen MR) is 44.5 cm³/mol. The first-order chi connectivity index (χ1) is 5.35. The molecule has 0 aromatic carbocycles. The molecule has 0 atom stereocenters. The van der Waals surface area contributed by atoms with E-state index in [4.69, 9.17) is 4.74 Å². The molecule has 70 valence electrons. The van der Waals surface area contributed by atoms with Crippen molar-refractivity contribution in [3.63, 3.8) is 0 Å². The van der Waals surface area contributed by atoms with Crippen LogP contribution in [0.2, 0.25) is 0 Å². The molecule has 1 amide bonds. The Balaban J connectivity index is 3.83. The summed E-state index contributed by atoms with van der Waals surface area (Å²) in [6.07, 6.45) is -0.215. The van der Waals surface area contributed by atoms with Gasteiger partial charge in [-0.15, -0.1) is 0 Å². The van der Waals surface area contributed by atoms with Crippen LogP contribution in [0.1, 0.15) is 27.2 Å². The first kappa shape index (κ1) is 10.9. The summed E-state index contributed by atoms with van der Waals surface area (Å²) in [5.74, 6) is -0.828. The van der Waals surface area contributed by atoms with Crippen LogP contribution in [0.3, 0.4) is 0 Å². The highest BCUT2D eigenvalue weighted by molar-refractivity contribution is 5.94. The molecular formula is C8H15NO3. The lowest BCUT2D eigenvalue weighted by atomic mass is 10.2. The fourth-order valence-corrected chi connectivity index (χ4v) is 0.597. The van der Waals surface area contributed by atoms with Gasteiger partial charge in [0, 0.05) is 7.05 Å². The molecule has 4 nitrogen and oxygen atoms in total. The summed E-state index contributed by atoms with van der Waals surface area (Å²) in [6, 6.07) is 0. The topological polar surface area (TPSA) is 55.4 Å². The van der Waals surface area contributed by atoms with E-state index in [9.17, 15) is 9.59 Å². The molecule has 0 saturated heterocycles. The summed E-state index contributed by atoms with van der Waals surface area (Å²) in [6.45, 7) is 5.28. The molecule has 0 unspecified atom stereocenters. The van der Waals surface area contributed by atoms with Crippen molar-refractivity contribution in [2.45, 2.75) is 32.8 Å². The SMILES string of the molecule is CNC(=O)CC(=O)OC(C)(C)C. The van der Waals surface area contributed by atoms with E-state index in [1.165, 1.54) is 7.05 Å². The molecule has 0 aliphatic heterocycles. The Labute approximate surface area is 72.3 Å². The van der Waals surface area contributed by atoms with Gasteiger partial charge in [0.2, 0.25) is 5.91 Å². The maximum Gasteiger partial charge on any atom is 0.315 e. The first-order valence-electron chi connectivity index (χ1n) is 3.77. The van der Waals surface area contributed by atoms with E-state index in [2.05, 4.69) is 5.32 Å². The van der Waals surface area contributed by atoms with Crippen LogP contribution < -0.4 is 5.32 Å². The van der Waals surface area contributed by atoms with Crippen LogP contribution in [0.4, 0.5) is 0 Å². The highest BCUT2D eigenvalue weighted by Gasteiger charge is 2.17. The quantitative estimate of drug-likeness (QED) is 0.487. The summed E-state index contributed by atoms with van der Waals surface area (Å²) >= 11 is 0. The van der Waals surface area contributed by atoms with Crippen molar-refractivity contribution in [3.8, 4) is 0 Å². The zero-order chi connectivity index (χ0) is 9.78. The van der Waals surface area contributed by atoms with Gasteiger partial charge in [0.05, 0.1) is 0 Å². The number of rotatable bonds is 2. The molecule has 0 aromatic rings. The highest BCUT2D eigenvalue weighted by Crippen LogP contribution is 2.07. The number of esters is 1. The van der Waals surface area contributed by atoms with Crippen molar-refractivity contribution < 1.29 is 14.3 Å². The molecule has 0 aliphatic rings. The van der Waals surface area contributed by atoms with E-state index in [0.29, 0.717) is 0 Å². The van der Waals surface area contributed by atoms with Gasteiger partial charge in [0.1, 0.15) is 12.0 Å². The van der Waals surface area contributed by atoms with E-state index in [1.54, 1.807) is 20.8 Å². The maximum atomic E-state index is 10.9. The van der Waals surface area contributed by atoms with Gasteiger partial charge in [-0.25, -0.2) is 0 Å². The van der Waals surface area contributed by atoms with Crippen molar-refractivity contribution in [2.24, 2.45) is 0 Å². The Kier molecular flexibility index (Phi) is 3.73. The van der Waals surface area contributed by atoms with E-state index in [1.807, 2.05) is 0 Å². The summed E-state index contributed by atoms with van der Waals surface area (Å²) < 4.78 is 4.91. The van der Waals surface area contributed by atoms with Gasteiger partial charge in [-0.1, -0.05) is 0 Å². The van der Waals surface area contributed by atoms with E-state index < -0.39 is 11.6 Å². The average Bonchev–Trinajstić information content (AvgIpc) is 1.82. The minimum atomic E-state index is -0.523. The lowest BCUT2D eigenvalue weighted by Crippen LogP contribution is -2.28. The second-order valence-electron chi connectivity index (χ2n) is 3.44. The third kappa shape index (κ3) is 5.70. The highest BCUT2D eigenvalue weighted by atomic mass is 16.6. The maximum absolute atomic E-state index is 10.9. The van der Waals surface area contributed by atoms with Crippen LogP contribution in [-0.2, 0) is 14.3 Å². The molecule has 0 spiro atoms. The van der Waals surface area contributed by atoms with Gasteiger partial charge >= 0.3 is 5.97 Å². The third-order valence-corrected chi connectivity index (χ3v) is 1.00. The Bertz CT molecular complexity index is 181. The van der Waals surface area contributed by atoms with Gasteiger partial charge in [-0.2, -0.15) is 0 Å². The number of amides is 1. The Morgan fingerprint density at radius 1 is 1.33 bits per heavy atom. The van der Waals surface area contributed by atoms with Crippen molar-refractivity contribution in [3.05, 3.63) is 0 Å². The molecule has 0 radical (unpaired) electrons. The molecule has 0 aromatic heterocycles. The zero-order valence-corrected chi connectivity index (χ0v) is 7.93. The molecule has 0 bridgehead atoms. The Morgan fingerprint density at radius 3 is 2.17 bits per heavy atom. The molecule has 0 rings (SSSR count). The lowest BCUT2D eigenvalue weighted by molar-refractivity contribution is -0.156. The minimum Gasteiger partial charge on any atom is -0.460 e. The van der Waals surface area contributed by atoms with Gasteiger partial charge < -0.3 is 10.1 Å². The summed E-state index contributed by atoms with van der Waals surface area (Å²) in [5.41, 5.74) is -0.523. The fourth-order valence-electron chi connectivity index (χ4n) is 0.597. The smallest absolute Gasteiger partial charge is 0.315 e. The second-order valence-corrected chi connectivity index (χ2v) is 3.44. The van der Waals surface area contributed by atoms with E-state index in [-0.39, 0.29) is 12.3 Å². The monoisotopic (exact) mass is 173 g/mol. The van der Waals surface area contributed by atoms with Crippen LogP contribution in [0.15, 0.2) is 0 Å². The first-order valence-corrected chi connectivity index (χ1v) is 3.77. The molecule has 4 heteroatoms. The number of nitrogens with one attached hydrogen (secondary N) is 1. The van der Waals surface area contributed by atoms with Crippen molar-refractivity contribution in [1.29, 1.82) is 0 Å². The predicted octanol–water partition coefficient (Wildman–Crippen LogP) is 0.464. The Hall–Kier alpha value is -1.06. The largest absolute Gasteiger partial charge is 0.460 e. The van der Waals surface area contributed by atoms with Crippen LogP contribution in [-0.4, -0.2) is 24.5 Å². The van der Waals surface area contributed by atoms with Crippen molar-refractivity contribution >= 4 is 11.9 Å². The average molecular weight is 173 g/mol. The number of carbonyl (C=O) groups is 2. The minimum absolute atomic E-state index is 0.215. The Morgan fingerprint density at radius 2 is 1.83 bits per heavy atom. The van der Waals surface area contributed by atoms with E-state index >= 15 is 0 Å². The number of hydrogen-bond donors (Lipinski definition) is 1. The van der Waals surface area contributed by atoms with Crippen molar-refractivity contribution in [1.82, 2.24) is 5.32 Å². The van der Waals surface area contributed by atoms with Crippen LogP contribution in [0.5, 0.6) is 0 Å². The van der Waals surface area contributed by atoms with Gasteiger partial charge in [-0.3, -0.25) is 9.59 Å². The molecule has 0 aliphatic carbocycles. The second kappa shape index (κ2) is 4.09. The number of hydrogen-bond acceptors (Lipinski definition) is 3. The molecule has 12 heavy (non-hydrogen) atoms. The standard InChI is InChI=1S/C8H15NO3/c1-8(2,3)12-7(11)5-6(10)9-4/h5H2,1-4H3,(H,9,10). The zero-order valence-electron chi connectivity index (χ0n) is 7.93. The number of carbonyl (C=O) groups excluding carboxylic acids is 2. The molecule has 0 heterocycles. The van der Waals surface area contributed by atoms with Crippen LogP contribution >= 0.6 is 0 Å². The van der Waals surface area contributed by atoms with Crippen molar-refractivity contribution in [2.75, 3.05) is 7.05 Å². The van der Waals surface area contributed by atoms with Crippen LogP contribution in [0, 0.1) is 0 Å². The van der Waals surface area contributed by atoms with Gasteiger partial charge in [0.25, 0.3) is 0 Å². The molecule has 0 fully saturated rings. The third-order valence-electron chi connectivity index (χ3n) is 1.00. The number of ether oxygens (including phenoxy) is 1. The van der Waals surface area contributed by atoms with E-state index in [0.717, 1.165) is 0 Å². The summed E-state index contributed by atoms with van der Waals surface area (Å²) in [4.78, 5) is 21.6. The van der Waals surface area contributed by atoms with Crippen LogP contribution in [0.25, 0.3) is 0 Å². The fraction of sp³-hybridized carbons (Fsp3) is 0.750. The summed E-state index contributed by atoms with van der Waals surface area (Å²) in [5, 5.41) is 2.34.